The summed E-state index contributed by atoms with van der Waals surface area (Å²) in [5, 5.41) is 2.92. The number of nitrogens with zero attached hydrogens (tertiary/aromatic N) is 1. The van der Waals surface area contributed by atoms with Gasteiger partial charge in [-0.25, -0.2) is 0 Å². The number of carbonyl (C=O) groups is 1. The second kappa shape index (κ2) is 6.11. The van der Waals surface area contributed by atoms with Gasteiger partial charge in [0.25, 0.3) is 5.91 Å². The molecule has 4 nitrogen and oxygen atoms in total. The molecule has 0 spiro atoms. The van der Waals surface area contributed by atoms with Gasteiger partial charge in [0.15, 0.2) is 0 Å². The van der Waals surface area contributed by atoms with E-state index in [0.29, 0.717) is 12.2 Å². The summed E-state index contributed by atoms with van der Waals surface area (Å²) in [4.78, 5) is 16.1. The molecule has 0 saturated heterocycles. The fourth-order valence-electron chi connectivity index (χ4n) is 1.78. The smallest absolute Gasteiger partial charge is 0.270 e. The highest BCUT2D eigenvalue weighted by Gasteiger charge is 2.11. The van der Waals surface area contributed by atoms with Crippen molar-refractivity contribution in [1.29, 1.82) is 0 Å². The van der Waals surface area contributed by atoms with Crippen molar-refractivity contribution in [2.24, 2.45) is 5.73 Å². The highest BCUT2D eigenvalue weighted by Crippen LogP contribution is 2.11. The van der Waals surface area contributed by atoms with E-state index in [0.717, 1.165) is 11.1 Å². The number of hydrogen-bond acceptors (Lipinski definition) is 3. The first-order valence-corrected chi connectivity index (χ1v) is 6.21. The van der Waals surface area contributed by atoms with Crippen LogP contribution in [-0.4, -0.2) is 10.9 Å². The van der Waals surface area contributed by atoms with Crippen molar-refractivity contribution in [1.82, 2.24) is 10.3 Å². The standard InChI is InChI=1S/C15H17N3O/c1-11(13-5-3-2-4-6-13)18-15(19)14-8-7-12(9-16)10-17-14/h2-8,10-11H,9,16H2,1H3,(H,18,19). The average molecular weight is 255 g/mol. The molecule has 1 amide bonds. The minimum atomic E-state index is -0.181. The zero-order valence-electron chi connectivity index (χ0n) is 10.8. The highest BCUT2D eigenvalue weighted by atomic mass is 16.1. The van der Waals surface area contributed by atoms with Crippen LogP contribution in [0.2, 0.25) is 0 Å². The van der Waals surface area contributed by atoms with Gasteiger partial charge in [-0.05, 0) is 24.1 Å². The van der Waals surface area contributed by atoms with Crippen molar-refractivity contribution < 1.29 is 4.79 Å². The Hall–Kier alpha value is -2.20. The molecule has 1 aromatic carbocycles. The maximum absolute atomic E-state index is 12.0. The van der Waals surface area contributed by atoms with Crippen LogP contribution in [0.25, 0.3) is 0 Å². The predicted octanol–water partition coefficient (Wildman–Crippen LogP) is 2.03. The predicted molar refractivity (Wildman–Crippen MR) is 74.5 cm³/mol. The minimum absolute atomic E-state index is 0.0512. The largest absolute Gasteiger partial charge is 0.344 e. The van der Waals surface area contributed by atoms with Gasteiger partial charge >= 0.3 is 0 Å². The Morgan fingerprint density at radius 3 is 2.58 bits per heavy atom. The third kappa shape index (κ3) is 3.39. The van der Waals surface area contributed by atoms with E-state index < -0.39 is 0 Å². The molecule has 4 heteroatoms. The number of rotatable bonds is 4. The summed E-state index contributed by atoms with van der Waals surface area (Å²) in [6.45, 7) is 2.37. The van der Waals surface area contributed by atoms with Gasteiger partial charge in [0.05, 0.1) is 6.04 Å². The Bertz CT molecular complexity index is 537. The first kappa shape index (κ1) is 13.2. The van der Waals surface area contributed by atoms with Gasteiger partial charge in [-0.2, -0.15) is 0 Å². The molecule has 1 unspecified atom stereocenters. The lowest BCUT2D eigenvalue weighted by molar-refractivity contribution is 0.0935. The summed E-state index contributed by atoms with van der Waals surface area (Å²) in [6, 6.07) is 13.3. The van der Waals surface area contributed by atoms with Crippen LogP contribution < -0.4 is 11.1 Å². The first-order valence-electron chi connectivity index (χ1n) is 6.21. The third-order valence-electron chi connectivity index (χ3n) is 2.94. The van der Waals surface area contributed by atoms with Crippen LogP contribution in [0.4, 0.5) is 0 Å². The number of amides is 1. The number of carbonyl (C=O) groups excluding carboxylic acids is 1. The lowest BCUT2D eigenvalue weighted by atomic mass is 10.1. The number of nitrogens with one attached hydrogen (secondary N) is 1. The van der Waals surface area contributed by atoms with Crippen molar-refractivity contribution in [3.8, 4) is 0 Å². The molecule has 1 atom stereocenters. The zero-order chi connectivity index (χ0) is 13.7. The van der Waals surface area contributed by atoms with Crippen LogP contribution in [0.1, 0.15) is 34.6 Å². The summed E-state index contributed by atoms with van der Waals surface area (Å²) in [6.07, 6.45) is 1.63. The van der Waals surface area contributed by atoms with Crippen molar-refractivity contribution >= 4 is 5.91 Å². The zero-order valence-corrected chi connectivity index (χ0v) is 10.8. The van der Waals surface area contributed by atoms with Crippen LogP contribution >= 0.6 is 0 Å². The van der Waals surface area contributed by atoms with Crippen molar-refractivity contribution in [3.05, 3.63) is 65.5 Å². The lowest BCUT2D eigenvalue weighted by Gasteiger charge is -2.13. The molecule has 2 aromatic rings. The molecule has 2 rings (SSSR count). The molecule has 0 radical (unpaired) electrons. The van der Waals surface area contributed by atoms with Crippen LogP contribution in [0.15, 0.2) is 48.7 Å². The quantitative estimate of drug-likeness (QED) is 0.878. The monoisotopic (exact) mass is 255 g/mol. The Morgan fingerprint density at radius 2 is 2.00 bits per heavy atom. The van der Waals surface area contributed by atoms with Crippen molar-refractivity contribution in [3.63, 3.8) is 0 Å². The highest BCUT2D eigenvalue weighted by molar-refractivity contribution is 5.92. The maximum atomic E-state index is 12.0. The molecule has 0 fully saturated rings. The molecule has 0 saturated carbocycles. The molecular formula is C15H17N3O. The Morgan fingerprint density at radius 1 is 1.26 bits per heavy atom. The molecule has 98 valence electrons. The third-order valence-corrected chi connectivity index (χ3v) is 2.94. The molecule has 19 heavy (non-hydrogen) atoms. The van der Waals surface area contributed by atoms with Crippen LogP contribution in [-0.2, 0) is 6.54 Å². The molecule has 0 aliphatic heterocycles. The summed E-state index contributed by atoms with van der Waals surface area (Å²) >= 11 is 0. The van der Waals surface area contributed by atoms with E-state index in [4.69, 9.17) is 5.73 Å². The first-order chi connectivity index (χ1) is 9.20. The molecular weight excluding hydrogens is 238 g/mol. The van der Waals surface area contributed by atoms with Gasteiger partial charge < -0.3 is 11.1 Å². The van der Waals surface area contributed by atoms with Crippen molar-refractivity contribution in [2.75, 3.05) is 0 Å². The van der Waals surface area contributed by atoms with E-state index in [9.17, 15) is 4.79 Å². The summed E-state index contributed by atoms with van der Waals surface area (Å²) in [5.74, 6) is -0.181. The summed E-state index contributed by atoms with van der Waals surface area (Å²) < 4.78 is 0. The Balaban J connectivity index is 2.04. The molecule has 3 N–H and O–H groups in total. The second-order valence-electron chi connectivity index (χ2n) is 4.36. The lowest BCUT2D eigenvalue weighted by Crippen LogP contribution is -2.27. The molecule has 1 aromatic heterocycles. The van der Waals surface area contributed by atoms with E-state index in [-0.39, 0.29) is 11.9 Å². The van der Waals surface area contributed by atoms with E-state index in [1.54, 1.807) is 12.3 Å². The van der Waals surface area contributed by atoms with Crippen LogP contribution in [0.3, 0.4) is 0 Å². The number of benzene rings is 1. The molecule has 1 heterocycles. The summed E-state index contributed by atoms with van der Waals surface area (Å²) in [7, 11) is 0. The van der Waals surface area contributed by atoms with Gasteiger partial charge in [-0.3, -0.25) is 9.78 Å². The number of hydrogen-bond donors (Lipinski definition) is 2. The van der Waals surface area contributed by atoms with Gasteiger partial charge in [-0.15, -0.1) is 0 Å². The maximum Gasteiger partial charge on any atom is 0.270 e. The Kier molecular flexibility index (Phi) is 4.26. The molecule has 0 aliphatic carbocycles. The Labute approximate surface area is 112 Å². The van der Waals surface area contributed by atoms with Gasteiger partial charge in [0.1, 0.15) is 5.69 Å². The van der Waals surface area contributed by atoms with Gasteiger partial charge in [0, 0.05) is 12.7 Å². The second-order valence-corrected chi connectivity index (χ2v) is 4.36. The fourth-order valence-corrected chi connectivity index (χ4v) is 1.78. The van der Waals surface area contributed by atoms with Crippen LogP contribution in [0, 0.1) is 0 Å². The fraction of sp³-hybridized carbons (Fsp3) is 0.200. The normalized spacial score (nSPS) is 11.9. The summed E-state index contributed by atoms with van der Waals surface area (Å²) in [5.41, 5.74) is 7.87. The van der Waals surface area contributed by atoms with E-state index in [1.165, 1.54) is 0 Å². The van der Waals surface area contributed by atoms with Gasteiger partial charge in [-0.1, -0.05) is 36.4 Å². The minimum Gasteiger partial charge on any atom is -0.344 e. The van der Waals surface area contributed by atoms with Gasteiger partial charge in [0.2, 0.25) is 0 Å². The average Bonchev–Trinajstić information content (AvgIpc) is 2.48. The molecule has 0 aliphatic rings. The van der Waals surface area contributed by atoms with E-state index in [2.05, 4.69) is 10.3 Å². The number of pyridine rings is 1. The van der Waals surface area contributed by atoms with Crippen LogP contribution in [0.5, 0.6) is 0 Å². The van der Waals surface area contributed by atoms with Crippen molar-refractivity contribution in [2.45, 2.75) is 19.5 Å². The van der Waals surface area contributed by atoms with E-state index >= 15 is 0 Å². The number of aromatic nitrogens is 1. The van der Waals surface area contributed by atoms with E-state index in [1.807, 2.05) is 43.3 Å². The molecule has 0 bridgehead atoms. The SMILES string of the molecule is CC(NC(=O)c1ccc(CN)cn1)c1ccccc1. The number of nitrogens with two attached hydrogens (primary N) is 1. The topological polar surface area (TPSA) is 68.0 Å².